The molecule has 0 unspecified atom stereocenters. The maximum absolute atomic E-state index is 9.08. The van der Waals surface area contributed by atoms with E-state index < -0.39 is 60.4 Å². The van der Waals surface area contributed by atoms with Crippen LogP contribution in [0.3, 0.4) is 0 Å². The van der Waals surface area contributed by atoms with Crippen molar-refractivity contribution >= 4 is 32.8 Å². The molecule has 362 valence electrons. The van der Waals surface area contributed by atoms with Gasteiger partial charge in [-0.3, -0.25) is 4.57 Å². The van der Waals surface area contributed by atoms with Crippen molar-refractivity contribution in [3.05, 3.63) is 258 Å². The molecule has 3 aromatic heterocycles. The number of aromatic nitrogens is 4. The Hall–Kier alpha value is -8.11. The number of hydrogen-bond acceptors (Lipinski definition) is 2. The molecule has 0 atom stereocenters. The Balaban J connectivity index is 0.00000694. The summed E-state index contributed by atoms with van der Waals surface area (Å²) in [7, 11) is 0. The topological polar surface area (TPSA) is 35.9 Å². The third-order valence-electron chi connectivity index (χ3n) is 14.0. The molecule has 74 heavy (non-hydrogen) atoms. The Kier molecular flexibility index (Phi) is 9.63. The fourth-order valence-electron chi connectivity index (χ4n) is 10.2. The van der Waals surface area contributed by atoms with Crippen LogP contribution in [-0.2, 0) is 52.2 Å². The number of pyridine rings is 1. The van der Waals surface area contributed by atoms with Crippen LogP contribution < -0.4 is 9.30 Å². The fourth-order valence-corrected chi connectivity index (χ4v) is 10.2. The summed E-state index contributed by atoms with van der Waals surface area (Å²) in [6, 6.07) is 50.3. The van der Waals surface area contributed by atoms with Gasteiger partial charge in [0.05, 0.1) is 30.4 Å². The van der Waals surface area contributed by atoms with Crippen molar-refractivity contribution < 1.29 is 44.1 Å². The summed E-state index contributed by atoms with van der Waals surface area (Å²) in [6.07, 6.45) is 9.08. The third-order valence-corrected chi connectivity index (χ3v) is 14.0. The first-order chi connectivity index (χ1) is 39.9. The minimum atomic E-state index is -0.573. The van der Waals surface area contributed by atoms with Crippen LogP contribution in [0, 0.1) is 18.5 Å². The maximum Gasteiger partial charge on any atom is 0.268 e. The Morgan fingerprint density at radius 2 is 1.24 bits per heavy atom. The molecule has 5 nitrogen and oxygen atoms in total. The molecule has 0 fully saturated rings. The molecule has 0 N–H and O–H groups in total. The van der Waals surface area contributed by atoms with E-state index in [0.717, 1.165) is 64.4 Å². The van der Waals surface area contributed by atoms with Crippen molar-refractivity contribution in [1.82, 2.24) is 14.1 Å². The van der Waals surface area contributed by atoms with Crippen molar-refractivity contribution in [2.45, 2.75) is 51.9 Å². The van der Waals surface area contributed by atoms with Crippen molar-refractivity contribution in [1.29, 1.82) is 0 Å². The molecule has 9 aromatic carbocycles. The molecular formula is C68H52N4OPt-2. The fraction of sp³-hybridized carbons (Fsp3) is 0.118. The molecule has 0 saturated heterocycles. The standard InChI is InChI=1S/C68H52N4O.Pt/c1-68(2,3)53-38-39-69-66(42-53)72-62-37-34-52(60-40-48-29-28-46-24-26-47(27-25-46)30-32-51(60)33-31-48)41-61(62)59-36-35-56(44-65(59)72)73-55-19-12-18-54(43-55)70-45-71(64-23-11-10-22-63(64)70)67-57(49-14-6-4-7-15-49)20-13-21-58(67)50-16-8-5-9-17-50;/h4-27,31,33-42H,28-30,32H2,1-3H3;/q-2;/i4D,5D,6D,7D,8D,9D,14D,15D,16D,17D;. The van der Waals surface area contributed by atoms with E-state index in [2.05, 4.69) is 123 Å². The van der Waals surface area contributed by atoms with Crippen LogP contribution in [0.2, 0.25) is 0 Å². The van der Waals surface area contributed by atoms with Crippen molar-refractivity contribution in [3.8, 4) is 62.1 Å². The number of ether oxygens (including phenoxy) is 1. The van der Waals surface area contributed by atoms with Gasteiger partial charge in [-0.05, 0) is 122 Å². The van der Waals surface area contributed by atoms with Crippen LogP contribution >= 0.6 is 0 Å². The second-order valence-electron chi connectivity index (χ2n) is 19.6. The summed E-state index contributed by atoms with van der Waals surface area (Å²) in [5.41, 5.74) is 12.2. The van der Waals surface area contributed by atoms with Crippen LogP contribution in [0.1, 0.15) is 62.3 Å². The molecule has 0 saturated carbocycles. The zero-order chi connectivity index (χ0) is 57.7. The van der Waals surface area contributed by atoms with Crippen LogP contribution in [-0.4, -0.2) is 14.1 Å². The van der Waals surface area contributed by atoms with Gasteiger partial charge in [-0.2, -0.15) is 18.2 Å². The number of nitrogens with zero attached hydrogens (tertiary/aromatic N) is 4. The maximum atomic E-state index is 9.08. The smallest absolute Gasteiger partial charge is 0.268 e. The first-order valence-electron chi connectivity index (χ1n) is 29.5. The minimum absolute atomic E-state index is 0. The number of fused-ring (bicyclic) bond motifs is 4. The molecule has 4 aliphatic rings. The monoisotopic (exact) mass is 1150 g/mol. The van der Waals surface area contributed by atoms with Gasteiger partial charge in [0.1, 0.15) is 5.82 Å². The quantitative estimate of drug-likeness (QED) is 0.112. The van der Waals surface area contributed by atoms with Gasteiger partial charge in [0, 0.05) is 44.3 Å². The average Bonchev–Trinajstić information content (AvgIpc) is 2.54. The summed E-state index contributed by atoms with van der Waals surface area (Å²) < 4.78 is 99.9. The predicted molar refractivity (Wildman–Crippen MR) is 296 cm³/mol. The largest absolute Gasteiger partial charge is 0.510 e. The molecule has 4 aliphatic carbocycles. The second-order valence-corrected chi connectivity index (χ2v) is 19.6. The summed E-state index contributed by atoms with van der Waals surface area (Å²) >= 11 is 0. The predicted octanol–water partition coefficient (Wildman–Crippen LogP) is 15.8. The normalized spacial score (nSPS) is 14.4. The van der Waals surface area contributed by atoms with E-state index in [0.29, 0.717) is 28.2 Å². The Morgan fingerprint density at radius 1 is 0.568 bits per heavy atom. The van der Waals surface area contributed by atoms with Gasteiger partial charge in [0.15, 0.2) is 0 Å². The van der Waals surface area contributed by atoms with Crippen LogP contribution in [0.4, 0.5) is 0 Å². The van der Waals surface area contributed by atoms with E-state index in [-0.39, 0.29) is 54.4 Å². The number of rotatable bonds is 8. The molecule has 6 heteroatoms. The van der Waals surface area contributed by atoms with E-state index in [1.54, 1.807) is 33.4 Å². The zero-order valence-electron chi connectivity index (χ0n) is 50.8. The zero-order valence-corrected chi connectivity index (χ0v) is 43.0. The molecule has 0 spiro atoms. The van der Waals surface area contributed by atoms with Gasteiger partial charge in [-0.15, -0.1) is 29.7 Å². The van der Waals surface area contributed by atoms with E-state index in [4.69, 9.17) is 23.4 Å². The number of benzene rings is 9. The Morgan fingerprint density at radius 3 is 1.99 bits per heavy atom. The van der Waals surface area contributed by atoms with E-state index in [9.17, 15) is 0 Å². The van der Waals surface area contributed by atoms with E-state index in [1.807, 2.05) is 48.7 Å². The number of aryl methyl sites for hydroxylation is 4. The van der Waals surface area contributed by atoms with Crippen LogP contribution in [0.25, 0.3) is 83.4 Å². The molecule has 4 bridgehead atoms. The summed E-state index contributed by atoms with van der Waals surface area (Å²) in [5.74, 6) is 1.54. The van der Waals surface area contributed by atoms with Crippen molar-refractivity contribution in [2.75, 3.05) is 0 Å². The average molecular weight is 1150 g/mol. The summed E-state index contributed by atoms with van der Waals surface area (Å²) in [4.78, 5) is 4.97. The van der Waals surface area contributed by atoms with Gasteiger partial charge in [-0.1, -0.05) is 184 Å². The summed E-state index contributed by atoms with van der Waals surface area (Å²) in [5, 5.41) is 2.03. The van der Waals surface area contributed by atoms with Crippen molar-refractivity contribution in [2.24, 2.45) is 0 Å². The van der Waals surface area contributed by atoms with E-state index in [1.165, 1.54) is 27.8 Å². The van der Waals surface area contributed by atoms with Gasteiger partial charge >= 0.3 is 0 Å². The Labute approximate surface area is 461 Å². The minimum Gasteiger partial charge on any atom is -0.510 e. The van der Waals surface area contributed by atoms with Gasteiger partial charge in [-0.25, -0.2) is 4.98 Å². The van der Waals surface area contributed by atoms with Gasteiger partial charge in [0.25, 0.3) is 6.33 Å². The molecule has 0 amide bonds. The number of hydrogen-bond donors (Lipinski definition) is 0. The molecular weight excluding hydrogens is 1080 g/mol. The SMILES string of the molecule is [2H]c1c([2H])c([2H])c(-c2cccc(-c3c([2H])c([2H])c([2H])c([2H])c3[2H])c2-[n+]2[c-]n(-c3[c-]c(Oc4[c-]c5c(cc4)c4cc(-c6cc7ccc6CCc6ccc(cc6)CC7)ccc4n5-c4cc(C(C)(C)C)ccn4)ccc3)c3ccccc32)c([2H])c1[2H].[Pt]. The van der Waals surface area contributed by atoms with E-state index >= 15 is 0 Å². The van der Waals surface area contributed by atoms with Crippen LogP contribution in [0.5, 0.6) is 11.5 Å². The first-order valence-corrected chi connectivity index (χ1v) is 24.5. The number of para-hydroxylation sites is 3. The van der Waals surface area contributed by atoms with Gasteiger partial charge < -0.3 is 13.9 Å². The third kappa shape index (κ3) is 8.75. The van der Waals surface area contributed by atoms with Crippen molar-refractivity contribution in [3.63, 3.8) is 0 Å². The van der Waals surface area contributed by atoms with Gasteiger partial charge in [0.2, 0.25) is 0 Å². The summed E-state index contributed by atoms with van der Waals surface area (Å²) in [6.45, 7) is 6.57. The number of imidazole rings is 1. The van der Waals surface area contributed by atoms with Crippen LogP contribution in [0.15, 0.2) is 212 Å². The molecule has 16 rings (SSSR count). The molecule has 0 radical (unpaired) electrons. The Bertz CT molecular complexity index is 4520. The second kappa shape index (κ2) is 19.4. The molecule has 0 aliphatic heterocycles. The molecule has 12 aromatic rings. The molecule has 3 heterocycles. The first kappa shape index (κ1) is 36.7.